The van der Waals surface area contributed by atoms with E-state index in [9.17, 15) is 8.42 Å². The summed E-state index contributed by atoms with van der Waals surface area (Å²) in [5, 5.41) is 3.24. The molecule has 0 spiro atoms. The van der Waals surface area contributed by atoms with Crippen LogP contribution in [-0.2, 0) is 16.4 Å². The molecule has 6 heteroatoms. The molecule has 19 heavy (non-hydrogen) atoms. The van der Waals surface area contributed by atoms with Crippen molar-refractivity contribution in [1.29, 1.82) is 0 Å². The maximum absolute atomic E-state index is 11.9. The lowest BCUT2D eigenvalue weighted by Gasteiger charge is -2.22. The number of hydrogen-bond donors (Lipinski definition) is 2. The quantitative estimate of drug-likeness (QED) is 0.799. The van der Waals surface area contributed by atoms with Crippen LogP contribution in [-0.4, -0.2) is 38.8 Å². The number of aromatic nitrogens is 1. The Morgan fingerprint density at radius 1 is 1.32 bits per heavy atom. The summed E-state index contributed by atoms with van der Waals surface area (Å²) < 4.78 is 26.5. The topological polar surface area (TPSA) is 71.1 Å². The second-order valence-corrected chi connectivity index (χ2v) is 6.79. The number of rotatable bonds is 6. The van der Waals surface area contributed by atoms with Crippen LogP contribution in [0.3, 0.4) is 0 Å². The molecule has 0 radical (unpaired) electrons. The molecule has 2 rings (SSSR count). The SMILES string of the molecule is O=S(=O)(CC1CCNCC1)NCCc1ccccn1. The molecule has 2 heterocycles. The highest BCUT2D eigenvalue weighted by molar-refractivity contribution is 7.89. The molecule has 1 aromatic rings. The highest BCUT2D eigenvalue weighted by atomic mass is 32.2. The molecule has 0 unspecified atom stereocenters. The summed E-state index contributed by atoms with van der Waals surface area (Å²) in [5.41, 5.74) is 0.909. The van der Waals surface area contributed by atoms with Gasteiger partial charge in [-0.1, -0.05) is 6.07 Å². The van der Waals surface area contributed by atoms with Gasteiger partial charge < -0.3 is 5.32 Å². The number of sulfonamides is 1. The zero-order valence-electron chi connectivity index (χ0n) is 11.0. The molecule has 0 amide bonds. The molecule has 106 valence electrons. The van der Waals surface area contributed by atoms with E-state index in [0.29, 0.717) is 13.0 Å². The number of nitrogens with zero attached hydrogens (tertiary/aromatic N) is 1. The Hall–Kier alpha value is -0.980. The van der Waals surface area contributed by atoms with Gasteiger partial charge in [-0.15, -0.1) is 0 Å². The minimum absolute atomic E-state index is 0.247. The van der Waals surface area contributed by atoms with Gasteiger partial charge in [-0.05, 0) is 44.0 Å². The van der Waals surface area contributed by atoms with Crippen molar-refractivity contribution in [3.05, 3.63) is 30.1 Å². The molecule has 2 N–H and O–H groups in total. The Labute approximate surface area is 114 Å². The molecular weight excluding hydrogens is 262 g/mol. The first kappa shape index (κ1) is 14.4. The van der Waals surface area contributed by atoms with Crippen LogP contribution in [0.1, 0.15) is 18.5 Å². The molecule has 1 aromatic heterocycles. The largest absolute Gasteiger partial charge is 0.317 e. The van der Waals surface area contributed by atoms with E-state index in [0.717, 1.165) is 31.6 Å². The van der Waals surface area contributed by atoms with Crippen molar-refractivity contribution in [1.82, 2.24) is 15.0 Å². The highest BCUT2D eigenvalue weighted by Gasteiger charge is 2.20. The van der Waals surface area contributed by atoms with E-state index in [2.05, 4.69) is 15.0 Å². The van der Waals surface area contributed by atoms with E-state index >= 15 is 0 Å². The van der Waals surface area contributed by atoms with Gasteiger partial charge in [-0.3, -0.25) is 4.98 Å². The van der Waals surface area contributed by atoms with Crippen molar-refractivity contribution in [2.75, 3.05) is 25.4 Å². The normalized spacial score (nSPS) is 17.5. The highest BCUT2D eigenvalue weighted by Crippen LogP contribution is 2.13. The third-order valence-electron chi connectivity index (χ3n) is 3.34. The summed E-state index contributed by atoms with van der Waals surface area (Å²) in [5.74, 6) is 0.533. The molecule has 0 saturated carbocycles. The predicted molar refractivity (Wildman–Crippen MR) is 75.3 cm³/mol. The van der Waals surface area contributed by atoms with Crippen LogP contribution in [0.4, 0.5) is 0 Å². The standard InChI is InChI=1S/C13H21N3O2S/c17-19(18,11-12-4-8-14-9-5-12)16-10-6-13-3-1-2-7-15-13/h1-3,7,12,14,16H,4-6,8-11H2. The molecule has 0 bridgehead atoms. The van der Waals surface area contributed by atoms with Crippen LogP contribution in [0.15, 0.2) is 24.4 Å². The lowest BCUT2D eigenvalue weighted by molar-refractivity contribution is 0.400. The minimum atomic E-state index is -3.16. The number of hydrogen-bond acceptors (Lipinski definition) is 4. The van der Waals surface area contributed by atoms with Crippen LogP contribution in [0.2, 0.25) is 0 Å². The zero-order valence-corrected chi connectivity index (χ0v) is 11.8. The first-order valence-electron chi connectivity index (χ1n) is 6.74. The van der Waals surface area contributed by atoms with Gasteiger partial charge >= 0.3 is 0 Å². The smallest absolute Gasteiger partial charge is 0.211 e. The molecule has 0 aliphatic carbocycles. The number of pyridine rings is 1. The molecule has 0 aromatic carbocycles. The molecule has 1 fully saturated rings. The summed E-state index contributed by atoms with van der Waals surface area (Å²) >= 11 is 0. The van der Waals surface area contributed by atoms with Gasteiger partial charge in [0.25, 0.3) is 0 Å². The second kappa shape index (κ2) is 6.98. The third-order valence-corrected chi connectivity index (χ3v) is 4.90. The van der Waals surface area contributed by atoms with E-state index in [1.54, 1.807) is 6.20 Å². The zero-order chi connectivity index (χ0) is 13.6. The van der Waals surface area contributed by atoms with Gasteiger partial charge in [0.05, 0.1) is 5.75 Å². The summed E-state index contributed by atoms with van der Waals surface area (Å²) in [7, 11) is -3.16. The van der Waals surface area contributed by atoms with Crippen LogP contribution >= 0.6 is 0 Å². The fraction of sp³-hybridized carbons (Fsp3) is 0.615. The van der Waals surface area contributed by atoms with Gasteiger partial charge in [0.15, 0.2) is 0 Å². The maximum Gasteiger partial charge on any atom is 0.211 e. The van der Waals surface area contributed by atoms with Crippen LogP contribution in [0.5, 0.6) is 0 Å². The third kappa shape index (κ3) is 5.26. The average molecular weight is 283 g/mol. The van der Waals surface area contributed by atoms with Crippen molar-refractivity contribution in [2.45, 2.75) is 19.3 Å². The van der Waals surface area contributed by atoms with Crippen molar-refractivity contribution in [3.8, 4) is 0 Å². The summed E-state index contributed by atoms with van der Waals surface area (Å²) in [6.45, 7) is 2.27. The summed E-state index contributed by atoms with van der Waals surface area (Å²) in [6.07, 6.45) is 4.24. The van der Waals surface area contributed by atoms with Gasteiger partial charge in [-0.25, -0.2) is 13.1 Å². The monoisotopic (exact) mass is 283 g/mol. The predicted octanol–water partition coefficient (Wildman–Crippen LogP) is 0.543. The Kier molecular flexibility index (Phi) is 5.30. The molecular formula is C13H21N3O2S. The number of piperidine rings is 1. The maximum atomic E-state index is 11.9. The van der Waals surface area contributed by atoms with E-state index in [1.165, 1.54) is 0 Å². The molecule has 1 saturated heterocycles. The van der Waals surface area contributed by atoms with Gasteiger partial charge in [0, 0.05) is 24.9 Å². The lowest BCUT2D eigenvalue weighted by atomic mass is 10.0. The fourth-order valence-electron chi connectivity index (χ4n) is 2.30. The van der Waals surface area contributed by atoms with E-state index in [1.807, 2.05) is 18.2 Å². The Morgan fingerprint density at radius 2 is 2.11 bits per heavy atom. The van der Waals surface area contributed by atoms with Gasteiger partial charge in [-0.2, -0.15) is 0 Å². The van der Waals surface area contributed by atoms with Crippen molar-refractivity contribution in [2.24, 2.45) is 5.92 Å². The van der Waals surface area contributed by atoms with Crippen molar-refractivity contribution >= 4 is 10.0 Å². The molecule has 1 aliphatic rings. The van der Waals surface area contributed by atoms with E-state index < -0.39 is 10.0 Å². The fourth-order valence-corrected chi connectivity index (χ4v) is 3.78. The average Bonchev–Trinajstić information content (AvgIpc) is 2.40. The molecule has 5 nitrogen and oxygen atoms in total. The summed E-state index contributed by atoms with van der Waals surface area (Å²) in [6, 6.07) is 5.66. The van der Waals surface area contributed by atoms with Crippen LogP contribution in [0, 0.1) is 5.92 Å². The van der Waals surface area contributed by atoms with Crippen LogP contribution < -0.4 is 10.0 Å². The first-order valence-corrected chi connectivity index (χ1v) is 8.39. The second-order valence-electron chi connectivity index (χ2n) is 4.94. The Balaban J connectivity index is 1.74. The Bertz CT molecular complexity index is 470. The van der Waals surface area contributed by atoms with Crippen LogP contribution in [0.25, 0.3) is 0 Å². The van der Waals surface area contributed by atoms with Crippen molar-refractivity contribution in [3.63, 3.8) is 0 Å². The number of nitrogens with one attached hydrogen (secondary N) is 2. The van der Waals surface area contributed by atoms with Gasteiger partial charge in [0.1, 0.15) is 0 Å². The van der Waals surface area contributed by atoms with E-state index in [4.69, 9.17) is 0 Å². The van der Waals surface area contributed by atoms with E-state index in [-0.39, 0.29) is 11.7 Å². The molecule has 1 aliphatic heterocycles. The lowest BCUT2D eigenvalue weighted by Crippen LogP contribution is -2.36. The molecule has 0 atom stereocenters. The minimum Gasteiger partial charge on any atom is -0.317 e. The first-order chi connectivity index (χ1) is 9.16. The Morgan fingerprint density at radius 3 is 2.79 bits per heavy atom. The van der Waals surface area contributed by atoms with Gasteiger partial charge in [0.2, 0.25) is 10.0 Å². The van der Waals surface area contributed by atoms with Crippen molar-refractivity contribution < 1.29 is 8.42 Å². The summed E-state index contributed by atoms with van der Waals surface area (Å²) in [4.78, 5) is 4.17.